The largest absolute Gasteiger partial charge is 0.463 e. The minimum Gasteiger partial charge on any atom is -0.463 e. The highest BCUT2D eigenvalue weighted by molar-refractivity contribution is 5.92. The zero-order valence-corrected chi connectivity index (χ0v) is 16.8. The standard InChI is InChI=1S/C20H30O8/c1-4-7-14-25-16(21)10-12-18(23)27-20(9-6-3)28-19(24)13-11-17(22)26-15-8-5-2/h10-13,20H,4-9,14-15H2,1-3H3. The van der Waals surface area contributed by atoms with Crippen LogP contribution in [-0.2, 0) is 38.1 Å². The predicted octanol–water partition coefficient (Wildman–Crippen LogP) is 3.00. The van der Waals surface area contributed by atoms with Gasteiger partial charge >= 0.3 is 23.9 Å². The van der Waals surface area contributed by atoms with Crippen LogP contribution in [0.25, 0.3) is 0 Å². The van der Waals surface area contributed by atoms with Crippen molar-refractivity contribution >= 4 is 23.9 Å². The summed E-state index contributed by atoms with van der Waals surface area (Å²) in [5.41, 5.74) is 0. The van der Waals surface area contributed by atoms with Crippen molar-refractivity contribution in [1.82, 2.24) is 0 Å². The molecule has 8 heteroatoms. The Balaban J connectivity index is 4.45. The third kappa shape index (κ3) is 14.5. The van der Waals surface area contributed by atoms with Crippen molar-refractivity contribution in [3.63, 3.8) is 0 Å². The van der Waals surface area contributed by atoms with E-state index in [1.54, 1.807) is 0 Å². The SMILES string of the molecule is CCCCOC(=O)C=CC(=O)OC(CCC)OC(=O)C=CC(=O)OCCCC. The Morgan fingerprint density at radius 1 is 0.643 bits per heavy atom. The van der Waals surface area contributed by atoms with Crippen LogP contribution in [0, 0.1) is 0 Å². The zero-order chi connectivity index (χ0) is 21.2. The first-order chi connectivity index (χ1) is 13.4. The normalized spacial score (nSPS) is 12.0. The molecule has 0 saturated heterocycles. The second-order valence-corrected chi connectivity index (χ2v) is 5.80. The summed E-state index contributed by atoms with van der Waals surface area (Å²) in [6.45, 7) is 6.29. The molecule has 0 aromatic heterocycles. The number of hydrogen-bond acceptors (Lipinski definition) is 8. The summed E-state index contributed by atoms with van der Waals surface area (Å²) in [6, 6.07) is 0. The number of hydrogen-bond donors (Lipinski definition) is 0. The maximum absolute atomic E-state index is 11.8. The van der Waals surface area contributed by atoms with Gasteiger partial charge in [0.1, 0.15) is 0 Å². The van der Waals surface area contributed by atoms with Gasteiger partial charge in [-0.1, -0.05) is 33.6 Å². The van der Waals surface area contributed by atoms with Crippen molar-refractivity contribution in [3.05, 3.63) is 24.3 Å². The molecule has 0 fully saturated rings. The molecule has 158 valence electrons. The molecular weight excluding hydrogens is 368 g/mol. The van der Waals surface area contributed by atoms with Crippen molar-refractivity contribution in [1.29, 1.82) is 0 Å². The van der Waals surface area contributed by atoms with E-state index >= 15 is 0 Å². The lowest BCUT2D eigenvalue weighted by molar-refractivity contribution is -0.182. The fourth-order valence-electron chi connectivity index (χ4n) is 1.72. The van der Waals surface area contributed by atoms with Gasteiger partial charge in [-0.15, -0.1) is 0 Å². The molecule has 8 nitrogen and oxygen atoms in total. The summed E-state index contributed by atoms with van der Waals surface area (Å²) in [7, 11) is 0. The molecule has 0 saturated carbocycles. The Morgan fingerprint density at radius 2 is 1.04 bits per heavy atom. The van der Waals surface area contributed by atoms with Gasteiger partial charge in [0.15, 0.2) is 0 Å². The third-order valence-electron chi connectivity index (χ3n) is 3.21. The summed E-state index contributed by atoms with van der Waals surface area (Å²) in [4.78, 5) is 46.3. The van der Waals surface area contributed by atoms with Crippen LogP contribution < -0.4 is 0 Å². The summed E-state index contributed by atoms with van der Waals surface area (Å²) in [5.74, 6) is -3.00. The van der Waals surface area contributed by atoms with E-state index in [-0.39, 0.29) is 19.6 Å². The third-order valence-corrected chi connectivity index (χ3v) is 3.21. The Bertz CT molecular complexity index is 504. The first-order valence-corrected chi connectivity index (χ1v) is 9.53. The number of ether oxygens (including phenoxy) is 4. The van der Waals surface area contributed by atoms with E-state index in [1.807, 2.05) is 20.8 Å². The van der Waals surface area contributed by atoms with Crippen LogP contribution in [-0.4, -0.2) is 43.4 Å². The Labute approximate surface area is 165 Å². The Hall–Kier alpha value is -2.64. The Kier molecular flexibility index (Phi) is 15.0. The van der Waals surface area contributed by atoms with E-state index < -0.39 is 30.2 Å². The van der Waals surface area contributed by atoms with Gasteiger partial charge in [-0.2, -0.15) is 0 Å². The lowest BCUT2D eigenvalue weighted by Gasteiger charge is -2.15. The first kappa shape index (κ1) is 25.4. The lowest BCUT2D eigenvalue weighted by Crippen LogP contribution is -2.23. The molecule has 0 bridgehead atoms. The van der Waals surface area contributed by atoms with Crippen molar-refractivity contribution in [2.24, 2.45) is 0 Å². The summed E-state index contributed by atoms with van der Waals surface area (Å²) in [6.07, 6.45) is 6.67. The summed E-state index contributed by atoms with van der Waals surface area (Å²) in [5, 5.41) is 0. The number of carbonyl (C=O) groups excluding carboxylic acids is 4. The van der Waals surface area contributed by atoms with Crippen LogP contribution in [0.5, 0.6) is 0 Å². The number of rotatable bonds is 14. The lowest BCUT2D eigenvalue weighted by atomic mass is 10.3. The minimum atomic E-state index is -1.13. The molecule has 0 spiro atoms. The van der Waals surface area contributed by atoms with E-state index in [2.05, 4.69) is 0 Å². The number of carbonyl (C=O) groups is 4. The van der Waals surface area contributed by atoms with Crippen LogP contribution >= 0.6 is 0 Å². The van der Waals surface area contributed by atoms with Gasteiger partial charge in [0.05, 0.1) is 13.2 Å². The number of esters is 4. The van der Waals surface area contributed by atoms with Gasteiger partial charge in [-0.25, -0.2) is 19.2 Å². The molecule has 28 heavy (non-hydrogen) atoms. The Morgan fingerprint density at radius 3 is 1.39 bits per heavy atom. The molecule has 0 rings (SSSR count). The van der Waals surface area contributed by atoms with Gasteiger partial charge in [0.25, 0.3) is 0 Å². The maximum Gasteiger partial charge on any atom is 0.334 e. The molecule has 0 amide bonds. The maximum atomic E-state index is 11.8. The van der Waals surface area contributed by atoms with Gasteiger partial charge in [0, 0.05) is 30.7 Å². The van der Waals surface area contributed by atoms with Crippen molar-refractivity contribution < 1.29 is 38.1 Å². The van der Waals surface area contributed by atoms with E-state index in [0.29, 0.717) is 6.42 Å². The second kappa shape index (κ2) is 16.5. The molecule has 0 aromatic rings. The van der Waals surface area contributed by atoms with Crippen LogP contribution in [0.15, 0.2) is 24.3 Å². The fraction of sp³-hybridized carbons (Fsp3) is 0.600. The highest BCUT2D eigenvalue weighted by Gasteiger charge is 2.16. The summed E-state index contributed by atoms with van der Waals surface area (Å²) < 4.78 is 19.7. The number of unbranched alkanes of at least 4 members (excludes halogenated alkanes) is 2. The van der Waals surface area contributed by atoms with Crippen molar-refractivity contribution in [3.8, 4) is 0 Å². The first-order valence-electron chi connectivity index (χ1n) is 9.53. The molecule has 0 aromatic carbocycles. The minimum absolute atomic E-state index is 0.265. The zero-order valence-electron chi connectivity index (χ0n) is 16.8. The van der Waals surface area contributed by atoms with Gasteiger partial charge in [-0.3, -0.25) is 0 Å². The molecule has 0 atom stereocenters. The average molecular weight is 398 g/mol. The quantitative estimate of drug-likeness (QED) is 0.145. The molecule has 0 heterocycles. The van der Waals surface area contributed by atoms with Gasteiger partial charge in [0.2, 0.25) is 6.29 Å². The second-order valence-electron chi connectivity index (χ2n) is 5.80. The van der Waals surface area contributed by atoms with E-state index in [4.69, 9.17) is 18.9 Å². The van der Waals surface area contributed by atoms with E-state index in [1.165, 1.54) is 0 Å². The van der Waals surface area contributed by atoms with Crippen LogP contribution in [0.3, 0.4) is 0 Å². The van der Waals surface area contributed by atoms with Gasteiger partial charge in [-0.05, 0) is 19.3 Å². The molecule has 0 N–H and O–H groups in total. The highest BCUT2D eigenvalue weighted by Crippen LogP contribution is 2.06. The molecule has 0 aliphatic rings. The van der Waals surface area contributed by atoms with E-state index in [9.17, 15) is 19.2 Å². The van der Waals surface area contributed by atoms with Crippen LogP contribution in [0.1, 0.15) is 59.3 Å². The topological polar surface area (TPSA) is 105 Å². The van der Waals surface area contributed by atoms with Crippen molar-refractivity contribution in [2.75, 3.05) is 13.2 Å². The van der Waals surface area contributed by atoms with Crippen LogP contribution in [0.2, 0.25) is 0 Å². The van der Waals surface area contributed by atoms with Crippen LogP contribution in [0.4, 0.5) is 0 Å². The molecule has 0 aliphatic carbocycles. The predicted molar refractivity (Wildman–Crippen MR) is 101 cm³/mol. The molecule has 0 radical (unpaired) electrons. The molecular formula is C20H30O8. The van der Waals surface area contributed by atoms with E-state index in [0.717, 1.165) is 50.0 Å². The average Bonchev–Trinajstić information content (AvgIpc) is 2.65. The van der Waals surface area contributed by atoms with Crippen molar-refractivity contribution in [2.45, 2.75) is 65.6 Å². The summed E-state index contributed by atoms with van der Waals surface area (Å²) >= 11 is 0. The monoisotopic (exact) mass is 398 g/mol. The van der Waals surface area contributed by atoms with Gasteiger partial charge < -0.3 is 18.9 Å². The highest BCUT2D eigenvalue weighted by atomic mass is 16.7. The molecule has 0 unspecified atom stereocenters. The fourth-order valence-corrected chi connectivity index (χ4v) is 1.72. The smallest absolute Gasteiger partial charge is 0.334 e. The molecule has 0 aliphatic heterocycles.